The van der Waals surface area contributed by atoms with Crippen molar-refractivity contribution >= 4 is 29.0 Å². The van der Waals surface area contributed by atoms with E-state index in [-0.39, 0.29) is 18.0 Å². The van der Waals surface area contributed by atoms with Crippen LogP contribution in [0, 0.1) is 0 Å². The molecule has 0 radical (unpaired) electrons. The third kappa shape index (κ3) is 5.06. The van der Waals surface area contributed by atoms with Crippen molar-refractivity contribution < 1.29 is 9.59 Å². The Balaban J connectivity index is 1.39. The standard InChI is InChI=1S/C22H27N5O2/c1-26-12-14-27(15-13-26)18-10-8-16(9-11-18)23-21(28)19-4-2-3-5-20(19)25-22(29)24-17-6-7-17/h2-5,8-11,17H,6-7,12-15H2,1H3,(H,23,28)(H2,24,25,29). The van der Waals surface area contributed by atoms with Gasteiger partial charge in [0, 0.05) is 43.6 Å². The molecule has 2 fully saturated rings. The van der Waals surface area contributed by atoms with E-state index in [9.17, 15) is 9.59 Å². The van der Waals surface area contributed by atoms with E-state index in [4.69, 9.17) is 0 Å². The number of rotatable bonds is 5. The van der Waals surface area contributed by atoms with E-state index in [1.54, 1.807) is 24.3 Å². The highest BCUT2D eigenvalue weighted by Crippen LogP contribution is 2.22. The molecule has 1 saturated carbocycles. The summed E-state index contributed by atoms with van der Waals surface area (Å²) in [4.78, 5) is 29.5. The molecular weight excluding hydrogens is 366 g/mol. The minimum absolute atomic E-state index is 0.250. The van der Waals surface area contributed by atoms with Crippen LogP contribution in [0.1, 0.15) is 23.2 Å². The lowest BCUT2D eigenvalue weighted by Crippen LogP contribution is -2.44. The highest BCUT2D eigenvalue weighted by atomic mass is 16.2. The van der Waals surface area contributed by atoms with Crippen molar-refractivity contribution in [3.05, 3.63) is 54.1 Å². The molecule has 29 heavy (non-hydrogen) atoms. The zero-order valence-electron chi connectivity index (χ0n) is 16.6. The molecule has 1 aliphatic heterocycles. The van der Waals surface area contributed by atoms with Gasteiger partial charge in [0.25, 0.3) is 5.91 Å². The average Bonchev–Trinajstić information content (AvgIpc) is 3.53. The van der Waals surface area contributed by atoms with Crippen LogP contribution in [0.5, 0.6) is 0 Å². The number of hydrogen-bond donors (Lipinski definition) is 3. The second kappa shape index (κ2) is 8.53. The molecule has 4 rings (SSSR count). The van der Waals surface area contributed by atoms with E-state index >= 15 is 0 Å². The summed E-state index contributed by atoms with van der Waals surface area (Å²) in [6.45, 7) is 4.11. The Bertz CT molecular complexity index is 871. The molecular formula is C22H27N5O2. The van der Waals surface area contributed by atoms with E-state index in [2.05, 4.69) is 32.8 Å². The Morgan fingerprint density at radius 1 is 0.897 bits per heavy atom. The lowest BCUT2D eigenvalue weighted by molar-refractivity contribution is 0.102. The van der Waals surface area contributed by atoms with Gasteiger partial charge in [-0.15, -0.1) is 0 Å². The fourth-order valence-corrected chi connectivity index (χ4v) is 3.38. The molecule has 2 aromatic rings. The molecule has 0 spiro atoms. The van der Waals surface area contributed by atoms with Gasteiger partial charge in [-0.1, -0.05) is 12.1 Å². The number of carbonyl (C=O) groups excluding carboxylic acids is 2. The summed E-state index contributed by atoms with van der Waals surface area (Å²) in [5.74, 6) is -0.250. The molecule has 1 heterocycles. The van der Waals surface area contributed by atoms with Gasteiger partial charge in [-0.3, -0.25) is 4.79 Å². The maximum absolute atomic E-state index is 12.8. The molecule has 2 aromatic carbocycles. The van der Waals surface area contributed by atoms with Crippen LogP contribution in [-0.2, 0) is 0 Å². The van der Waals surface area contributed by atoms with Crippen LogP contribution in [0.25, 0.3) is 0 Å². The second-order valence-electron chi connectivity index (χ2n) is 7.71. The van der Waals surface area contributed by atoms with Crippen molar-refractivity contribution in [3.8, 4) is 0 Å². The monoisotopic (exact) mass is 393 g/mol. The van der Waals surface area contributed by atoms with E-state index in [1.807, 2.05) is 24.3 Å². The smallest absolute Gasteiger partial charge is 0.319 e. The molecule has 1 saturated heterocycles. The first kappa shape index (κ1) is 19.3. The number of anilines is 3. The van der Waals surface area contributed by atoms with Crippen molar-refractivity contribution in [2.24, 2.45) is 0 Å². The Hall–Kier alpha value is -3.06. The van der Waals surface area contributed by atoms with Crippen molar-refractivity contribution in [2.75, 3.05) is 48.8 Å². The minimum Gasteiger partial charge on any atom is -0.369 e. The summed E-state index contributed by atoms with van der Waals surface area (Å²) in [6.07, 6.45) is 2.03. The number of nitrogens with one attached hydrogen (secondary N) is 3. The number of piperazine rings is 1. The summed E-state index contributed by atoms with van der Waals surface area (Å²) < 4.78 is 0. The highest BCUT2D eigenvalue weighted by molar-refractivity contribution is 6.10. The summed E-state index contributed by atoms with van der Waals surface area (Å²) in [7, 11) is 2.14. The summed E-state index contributed by atoms with van der Waals surface area (Å²) in [5, 5.41) is 8.58. The lowest BCUT2D eigenvalue weighted by Gasteiger charge is -2.34. The predicted octanol–water partition coefficient (Wildman–Crippen LogP) is 2.97. The third-order valence-electron chi connectivity index (χ3n) is 5.33. The van der Waals surface area contributed by atoms with Crippen LogP contribution in [0.2, 0.25) is 0 Å². The molecule has 152 valence electrons. The second-order valence-corrected chi connectivity index (χ2v) is 7.71. The van der Waals surface area contributed by atoms with Gasteiger partial charge in [0.2, 0.25) is 0 Å². The van der Waals surface area contributed by atoms with Gasteiger partial charge in [-0.05, 0) is 56.3 Å². The van der Waals surface area contributed by atoms with E-state index in [1.165, 1.54) is 0 Å². The van der Waals surface area contributed by atoms with Crippen LogP contribution in [0.4, 0.5) is 21.9 Å². The highest BCUT2D eigenvalue weighted by Gasteiger charge is 2.24. The topological polar surface area (TPSA) is 76.7 Å². The number of para-hydroxylation sites is 1. The van der Waals surface area contributed by atoms with Crippen LogP contribution < -0.4 is 20.9 Å². The van der Waals surface area contributed by atoms with E-state index < -0.39 is 0 Å². The van der Waals surface area contributed by atoms with Crippen molar-refractivity contribution in [1.82, 2.24) is 10.2 Å². The minimum atomic E-state index is -0.274. The largest absolute Gasteiger partial charge is 0.369 e. The van der Waals surface area contributed by atoms with Gasteiger partial charge in [0.05, 0.1) is 11.3 Å². The first-order valence-corrected chi connectivity index (χ1v) is 10.1. The maximum Gasteiger partial charge on any atom is 0.319 e. The predicted molar refractivity (Wildman–Crippen MR) is 116 cm³/mol. The molecule has 0 aromatic heterocycles. The third-order valence-corrected chi connectivity index (χ3v) is 5.33. The zero-order valence-corrected chi connectivity index (χ0v) is 16.6. The fraction of sp³-hybridized carbons (Fsp3) is 0.364. The van der Waals surface area contributed by atoms with Gasteiger partial charge in [-0.25, -0.2) is 4.79 Å². The molecule has 0 unspecified atom stereocenters. The van der Waals surface area contributed by atoms with Crippen molar-refractivity contribution in [3.63, 3.8) is 0 Å². The summed E-state index contributed by atoms with van der Waals surface area (Å²) in [6, 6.07) is 14.9. The van der Waals surface area contributed by atoms with Gasteiger partial charge < -0.3 is 25.8 Å². The average molecular weight is 393 g/mol. The molecule has 3 amide bonds. The van der Waals surface area contributed by atoms with Crippen molar-refractivity contribution in [2.45, 2.75) is 18.9 Å². The van der Waals surface area contributed by atoms with Crippen LogP contribution in [-0.4, -0.2) is 56.1 Å². The molecule has 2 aliphatic rings. The van der Waals surface area contributed by atoms with Crippen LogP contribution in [0.15, 0.2) is 48.5 Å². The molecule has 7 heteroatoms. The van der Waals surface area contributed by atoms with E-state index in [0.29, 0.717) is 11.3 Å². The Morgan fingerprint density at radius 2 is 1.59 bits per heavy atom. The van der Waals surface area contributed by atoms with Gasteiger partial charge in [0.1, 0.15) is 0 Å². The number of amides is 3. The maximum atomic E-state index is 12.8. The quantitative estimate of drug-likeness (QED) is 0.730. The number of carbonyl (C=O) groups is 2. The van der Waals surface area contributed by atoms with Gasteiger partial charge >= 0.3 is 6.03 Å². The number of likely N-dealkylation sites (N-methyl/N-ethyl adjacent to an activating group) is 1. The number of urea groups is 1. The normalized spacial score (nSPS) is 16.9. The van der Waals surface area contributed by atoms with Gasteiger partial charge in [-0.2, -0.15) is 0 Å². The van der Waals surface area contributed by atoms with Crippen LogP contribution in [0.3, 0.4) is 0 Å². The molecule has 0 atom stereocenters. The first-order valence-electron chi connectivity index (χ1n) is 10.1. The summed E-state index contributed by atoms with van der Waals surface area (Å²) >= 11 is 0. The van der Waals surface area contributed by atoms with Gasteiger partial charge in [0.15, 0.2) is 0 Å². The summed E-state index contributed by atoms with van der Waals surface area (Å²) in [5.41, 5.74) is 2.82. The molecule has 0 bridgehead atoms. The zero-order chi connectivity index (χ0) is 20.2. The molecule has 1 aliphatic carbocycles. The lowest BCUT2D eigenvalue weighted by atomic mass is 10.1. The number of nitrogens with zero attached hydrogens (tertiary/aromatic N) is 2. The van der Waals surface area contributed by atoms with Crippen molar-refractivity contribution in [1.29, 1.82) is 0 Å². The Labute approximate surface area is 171 Å². The SMILES string of the molecule is CN1CCN(c2ccc(NC(=O)c3ccccc3NC(=O)NC3CC3)cc2)CC1. The fourth-order valence-electron chi connectivity index (χ4n) is 3.38. The Kier molecular flexibility index (Phi) is 5.67. The first-order chi connectivity index (χ1) is 14.1. The number of benzene rings is 2. The van der Waals surface area contributed by atoms with Crippen LogP contribution >= 0.6 is 0 Å². The van der Waals surface area contributed by atoms with E-state index in [0.717, 1.165) is 50.4 Å². The number of hydrogen-bond acceptors (Lipinski definition) is 4. The Morgan fingerprint density at radius 3 is 2.28 bits per heavy atom. The molecule has 7 nitrogen and oxygen atoms in total. The molecule has 3 N–H and O–H groups in total.